The number of aromatic carboxylic acids is 1. The molecule has 0 aliphatic carbocycles. The molecule has 0 atom stereocenters. The monoisotopic (exact) mass is 359 g/mol. The van der Waals surface area contributed by atoms with Gasteiger partial charge in [0.2, 0.25) is 5.91 Å². The molecule has 1 amide bonds. The number of carbonyl (C=O) groups excluding carboxylic acids is 1. The fourth-order valence-electron chi connectivity index (χ4n) is 2.80. The Labute approximate surface area is 152 Å². The molecule has 0 aliphatic rings. The third-order valence-electron chi connectivity index (χ3n) is 4.42. The van der Waals surface area contributed by atoms with Gasteiger partial charge in [0.05, 0.1) is 17.6 Å². The van der Waals surface area contributed by atoms with E-state index in [1.54, 1.807) is 18.9 Å². The second-order valence-electron chi connectivity index (χ2n) is 6.25. The van der Waals surface area contributed by atoms with Crippen molar-refractivity contribution in [2.45, 2.75) is 33.6 Å². The number of aryl methyl sites for hydroxylation is 2. The molecule has 0 radical (unpaired) electrons. The fourth-order valence-corrected chi connectivity index (χ4v) is 2.80. The van der Waals surface area contributed by atoms with Gasteiger partial charge in [0.1, 0.15) is 11.4 Å². The van der Waals surface area contributed by atoms with Crippen LogP contribution < -0.4 is 10.2 Å². The summed E-state index contributed by atoms with van der Waals surface area (Å²) in [6.07, 6.45) is 2.53. The zero-order valence-electron chi connectivity index (χ0n) is 15.8. The lowest BCUT2D eigenvalue weighted by Gasteiger charge is -2.20. The zero-order valence-corrected chi connectivity index (χ0v) is 15.8. The molecule has 2 aromatic heterocycles. The Bertz CT molecular complexity index is 828. The Morgan fingerprint density at radius 2 is 2.04 bits per heavy atom. The average Bonchev–Trinajstić information content (AvgIpc) is 2.84. The molecule has 2 rings (SSSR count). The zero-order chi connectivity index (χ0) is 19.4. The quantitative estimate of drug-likeness (QED) is 0.786. The Balaban J connectivity index is 2.20. The Hall–Kier alpha value is -2.90. The molecule has 0 aromatic carbocycles. The lowest BCUT2D eigenvalue weighted by Crippen LogP contribution is -2.24. The Morgan fingerprint density at radius 1 is 1.35 bits per heavy atom. The third-order valence-corrected chi connectivity index (χ3v) is 4.42. The van der Waals surface area contributed by atoms with Gasteiger partial charge >= 0.3 is 5.97 Å². The first-order valence-corrected chi connectivity index (χ1v) is 8.48. The van der Waals surface area contributed by atoms with Crippen LogP contribution in [0.5, 0.6) is 0 Å². The lowest BCUT2D eigenvalue weighted by atomic mass is 10.1. The van der Waals surface area contributed by atoms with Crippen molar-refractivity contribution in [2.75, 3.05) is 23.8 Å². The van der Waals surface area contributed by atoms with E-state index in [0.717, 1.165) is 23.4 Å². The van der Waals surface area contributed by atoms with E-state index in [4.69, 9.17) is 0 Å². The molecule has 0 saturated heterocycles. The number of carboxylic acids is 1. The van der Waals surface area contributed by atoms with Crippen LogP contribution in [-0.4, -0.2) is 45.3 Å². The highest BCUT2D eigenvalue weighted by Crippen LogP contribution is 2.22. The average molecular weight is 359 g/mol. The van der Waals surface area contributed by atoms with Crippen LogP contribution in [0.1, 0.15) is 40.7 Å². The highest BCUT2D eigenvalue weighted by molar-refractivity contribution is 5.96. The van der Waals surface area contributed by atoms with Crippen molar-refractivity contribution in [2.24, 2.45) is 7.05 Å². The molecule has 26 heavy (non-hydrogen) atoms. The standard InChI is InChI=1S/C18H25N5O3/c1-6-16(24)20-13-9-15(18(25)26)17(19-10-13)22(4)8-7-14-11(2)21-23(5)12(14)3/h9-10H,6-8H2,1-5H3,(H,20,24)(H,25,26). The summed E-state index contributed by atoms with van der Waals surface area (Å²) < 4.78 is 1.84. The van der Waals surface area contributed by atoms with Crippen LogP contribution in [0.3, 0.4) is 0 Å². The van der Waals surface area contributed by atoms with Crippen molar-refractivity contribution in [3.8, 4) is 0 Å². The second-order valence-corrected chi connectivity index (χ2v) is 6.25. The minimum Gasteiger partial charge on any atom is -0.478 e. The maximum atomic E-state index is 11.6. The second kappa shape index (κ2) is 7.99. The number of likely N-dealkylation sites (N-methyl/N-ethyl adjacent to an activating group) is 1. The fraction of sp³-hybridized carbons (Fsp3) is 0.444. The first-order valence-electron chi connectivity index (χ1n) is 8.48. The number of anilines is 2. The number of nitrogens with zero attached hydrogens (tertiary/aromatic N) is 4. The summed E-state index contributed by atoms with van der Waals surface area (Å²) in [5.74, 6) is -0.904. The summed E-state index contributed by atoms with van der Waals surface area (Å²) in [7, 11) is 3.71. The van der Waals surface area contributed by atoms with Crippen molar-refractivity contribution < 1.29 is 14.7 Å². The first kappa shape index (κ1) is 19.4. The van der Waals surface area contributed by atoms with Gasteiger partial charge in [-0.25, -0.2) is 9.78 Å². The molecule has 8 nitrogen and oxygen atoms in total. The van der Waals surface area contributed by atoms with Crippen LogP contribution in [0.2, 0.25) is 0 Å². The first-order chi connectivity index (χ1) is 12.2. The maximum absolute atomic E-state index is 11.6. The molecular weight excluding hydrogens is 334 g/mol. The lowest BCUT2D eigenvalue weighted by molar-refractivity contribution is -0.115. The minimum absolute atomic E-state index is 0.0565. The number of hydrogen-bond donors (Lipinski definition) is 2. The summed E-state index contributed by atoms with van der Waals surface area (Å²) in [4.78, 5) is 29.2. The molecule has 2 aromatic rings. The van der Waals surface area contributed by atoms with E-state index in [1.165, 1.54) is 12.3 Å². The van der Waals surface area contributed by atoms with E-state index in [1.807, 2.05) is 25.6 Å². The summed E-state index contributed by atoms with van der Waals surface area (Å²) in [6, 6.07) is 1.44. The summed E-state index contributed by atoms with van der Waals surface area (Å²) in [6.45, 7) is 6.31. The topological polar surface area (TPSA) is 100 Å². The predicted octanol–water partition coefficient (Wildman–Crippen LogP) is 2.16. The van der Waals surface area contributed by atoms with Crippen LogP contribution in [0, 0.1) is 13.8 Å². The molecule has 140 valence electrons. The molecule has 0 aliphatic heterocycles. The van der Waals surface area contributed by atoms with Gasteiger partial charge in [-0.1, -0.05) is 6.92 Å². The van der Waals surface area contributed by atoms with Gasteiger partial charge in [0, 0.05) is 32.8 Å². The molecule has 0 fully saturated rings. The molecule has 0 spiro atoms. The summed E-state index contributed by atoms with van der Waals surface area (Å²) in [5.41, 5.74) is 3.66. The highest BCUT2D eigenvalue weighted by Gasteiger charge is 2.18. The van der Waals surface area contributed by atoms with Crippen molar-refractivity contribution in [3.05, 3.63) is 34.8 Å². The molecule has 2 heterocycles. The number of nitrogens with one attached hydrogen (secondary N) is 1. The highest BCUT2D eigenvalue weighted by atomic mass is 16.4. The largest absolute Gasteiger partial charge is 0.478 e. The number of carbonyl (C=O) groups is 2. The van der Waals surface area contributed by atoms with E-state index in [2.05, 4.69) is 15.4 Å². The smallest absolute Gasteiger partial charge is 0.339 e. The van der Waals surface area contributed by atoms with E-state index in [9.17, 15) is 14.7 Å². The summed E-state index contributed by atoms with van der Waals surface area (Å²) >= 11 is 0. The van der Waals surface area contributed by atoms with Crippen molar-refractivity contribution >= 4 is 23.4 Å². The van der Waals surface area contributed by atoms with Gasteiger partial charge in [0.15, 0.2) is 0 Å². The number of amides is 1. The van der Waals surface area contributed by atoms with E-state index >= 15 is 0 Å². The van der Waals surface area contributed by atoms with Gasteiger partial charge in [-0.15, -0.1) is 0 Å². The number of pyridine rings is 1. The predicted molar refractivity (Wildman–Crippen MR) is 99.8 cm³/mol. The molecule has 0 unspecified atom stereocenters. The van der Waals surface area contributed by atoms with Crippen molar-refractivity contribution in [3.63, 3.8) is 0 Å². The van der Waals surface area contributed by atoms with Gasteiger partial charge in [-0.2, -0.15) is 5.10 Å². The molecule has 8 heteroatoms. The maximum Gasteiger partial charge on any atom is 0.339 e. The van der Waals surface area contributed by atoms with Gasteiger partial charge in [0.25, 0.3) is 0 Å². The molecule has 2 N–H and O–H groups in total. The van der Waals surface area contributed by atoms with Crippen LogP contribution in [0.15, 0.2) is 12.3 Å². The number of aromatic nitrogens is 3. The SMILES string of the molecule is CCC(=O)Nc1cnc(N(C)CCc2c(C)nn(C)c2C)c(C(=O)O)c1. The van der Waals surface area contributed by atoms with Crippen LogP contribution in [-0.2, 0) is 18.3 Å². The number of hydrogen-bond acceptors (Lipinski definition) is 5. The van der Waals surface area contributed by atoms with E-state index < -0.39 is 5.97 Å². The minimum atomic E-state index is -1.08. The number of carboxylic acid groups (broad SMARTS) is 1. The van der Waals surface area contributed by atoms with Crippen LogP contribution in [0.4, 0.5) is 11.5 Å². The van der Waals surface area contributed by atoms with Gasteiger partial charge in [-0.3, -0.25) is 9.48 Å². The third kappa shape index (κ3) is 4.19. The van der Waals surface area contributed by atoms with E-state index in [0.29, 0.717) is 24.5 Å². The normalized spacial score (nSPS) is 10.7. The van der Waals surface area contributed by atoms with Gasteiger partial charge < -0.3 is 15.3 Å². The summed E-state index contributed by atoms with van der Waals surface area (Å²) in [5, 5.41) is 16.6. The van der Waals surface area contributed by atoms with Crippen molar-refractivity contribution in [1.82, 2.24) is 14.8 Å². The van der Waals surface area contributed by atoms with E-state index in [-0.39, 0.29) is 11.5 Å². The van der Waals surface area contributed by atoms with Gasteiger partial charge in [-0.05, 0) is 31.9 Å². The van der Waals surface area contributed by atoms with Crippen LogP contribution >= 0.6 is 0 Å². The molecule has 0 saturated carbocycles. The van der Waals surface area contributed by atoms with Crippen molar-refractivity contribution in [1.29, 1.82) is 0 Å². The Kier molecular flexibility index (Phi) is 5.97. The molecule has 0 bridgehead atoms. The number of rotatable bonds is 7. The van der Waals surface area contributed by atoms with Crippen LogP contribution in [0.25, 0.3) is 0 Å². The Morgan fingerprint density at radius 3 is 2.58 bits per heavy atom. The molecular formula is C18H25N5O3.